The van der Waals surface area contributed by atoms with Crippen LogP contribution in [0.3, 0.4) is 0 Å². The molecule has 0 fully saturated rings. The van der Waals surface area contributed by atoms with Gasteiger partial charge in [0.2, 0.25) is 11.8 Å². The fourth-order valence-electron chi connectivity index (χ4n) is 3.97. The first-order valence-corrected chi connectivity index (χ1v) is 14.8. The van der Waals surface area contributed by atoms with E-state index in [4.69, 9.17) is 46.4 Å². The molecule has 39 heavy (non-hydrogen) atoms. The van der Waals surface area contributed by atoms with Crippen LogP contribution in [0.4, 0.5) is 5.69 Å². The smallest absolute Gasteiger partial charge is 0.264 e. The third kappa shape index (κ3) is 7.58. The van der Waals surface area contributed by atoms with Crippen molar-refractivity contribution in [3.63, 3.8) is 0 Å². The van der Waals surface area contributed by atoms with Crippen molar-refractivity contribution >= 4 is 73.9 Å². The molecule has 0 aliphatic carbocycles. The van der Waals surface area contributed by atoms with Gasteiger partial charge in [-0.3, -0.25) is 13.9 Å². The highest BCUT2D eigenvalue weighted by atomic mass is 35.5. The minimum absolute atomic E-state index is 0.0175. The summed E-state index contributed by atoms with van der Waals surface area (Å²) in [5.74, 6) is -1.02. The molecule has 1 N–H and O–H groups in total. The van der Waals surface area contributed by atoms with E-state index in [9.17, 15) is 18.0 Å². The number of rotatable bonds is 10. The fraction of sp³-hybridized carbons (Fsp3) is 0.259. The molecule has 208 valence electrons. The number of anilines is 1. The number of amides is 2. The predicted molar refractivity (Wildman–Crippen MR) is 157 cm³/mol. The Hall–Kier alpha value is -2.49. The molecular weight excluding hydrogens is 604 g/mol. The van der Waals surface area contributed by atoms with Gasteiger partial charge in [-0.05, 0) is 61.4 Å². The van der Waals surface area contributed by atoms with Crippen LogP contribution in [0.5, 0.6) is 0 Å². The number of likely N-dealkylation sites (N-methyl/N-ethyl adjacent to an activating group) is 1. The Morgan fingerprint density at radius 2 is 1.51 bits per heavy atom. The van der Waals surface area contributed by atoms with E-state index in [0.29, 0.717) is 10.6 Å². The van der Waals surface area contributed by atoms with Gasteiger partial charge in [-0.15, -0.1) is 0 Å². The Bertz CT molecular complexity index is 1450. The number of halogens is 4. The van der Waals surface area contributed by atoms with E-state index in [1.54, 1.807) is 37.3 Å². The van der Waals surface area contributed by atoms with E-state index in [2.05, 4.69) is 5.32 Å². The van der Waals surface area contributed by atoms with Crippen LogP contribution in [0.2, 0.25) is 20.1 Å². The lowest BCUT2D eigenvalue weighted by atomic mass is 10.1. The van der Waals surface area contributed by atoms with Gasteiger partial charge in [0.05, 0.1) is 20.6 Å². The predicted octanol–water partition coefficient (Wildman–Crippen LogP) is 6.36. The molecule has 0 saturated heterocycles. The lowest BCUT2D eigenvalue weighted by molar-refractivity contribution is -0.140. The van der Waals surface area contributed by atoms with Gasteiger partial charge in [-0.25, -0.2) is 8.42 Å². The zero-order valence-electron chi connectivity index (χ0n) is 21.4. The third-order valence-corrected chi connectivity index (χ3v) is 8.96. The largest absolute Gasteiger partial charge is 0.357 e. The van der Waals surface area contributed by atoms with Gasteiger partial charge in [0.25, 0.3) is 10.0 Å². The molecule has 0 spiro atoms. The molecule has 0 saturated carbocycles. The van der Waals surface area contributed by atoms with Gasteiger partial charge in [-0.1, -0.05) is 77.1 Å². The zero-order valence-corrected chi connectivity index (χ0v) is 25.3. The van der Waals surface area contributed by atoms with Gasteiger partial charge >= 0.3 is 0 Å². The first kappa shape index (κ1) is 31.0. The average Bonchev–Trinajstić information content (AvgIpc) is 2.88. The third-order valence-electron chi connectivity index (χ3n) is 5.99. The van der Waals surface area contributed by atoms with Gasteiger partial charge in [0.15, 0.2) is 0 Å². The number of carbonyl (C=O) groups excluding carboxylic acids is 2. The van der Waals surface area contributed by atoms with Crippen LogP contribution in [-0.2, 0) is 26.2 Å². The number of hydrogen-bond donors (Lipinski definition) is 1. The van der Waals surface area contributed by atoms with Crippen LogP contribution in [-0.4, -0.2) is 44.8 Å². The summed E-state index contributed by atoms with van der Waals surface area (Å²) in [4.78, 5) is 28.0. The fourth-order valence-corrected chi connectivity index (χ4v) is 6.20. The summed E-state index contributed by atoms with van der Waals surface area (Å²) in [7, 11) is -2.78. The summed E-state index contributed by atoms with van der Waals surface area (Å²) >= 11 is 24.6. The first-order valence-electron chi connectivity index (χ1n) is 11.9. The maximum Gasteiger partial charge on any atom is 0.264 e. The molecule has 3 rings (SSSR count). The van der Waals surface area contributed by atoms with Crippen LogP contribution < -0.4 is 9.62 Å². The van der Waals surface area contributed by atoms with Crippen LogP contribution in [0.25, 0.3) is 0 Å². The molecular formula is C27H27Cl4N3O4S. The van der Waals surface area contributed by atoms with E-state index in [1.165, 1.54) is 42.3 Å². The van der Waals surface area contributed by atoms with E-state index >= 15 is 0 Å². The first-order chi connectivity index (χ1) is 18.4. The molecule has 0 radical (unpaired) electrons. The van der Waals surface area contributed by atoms with Crippen molar-refractivity contribution in [3.05, 3.63) is 91.9 Å². The van der Waals surface area contributed by atoms with E-state index in [-0.39, 0.29) is 38.6 Å². The molecule has 0 aliphatic rings. The van der Waals surface area contributed by atoms with Gasteiger partial charge < -0.3 is 10.2 Å². The minimum Gasteiger partial charge on any atom is -0.357 e. The number of sulfonamides is 1. The lowest BCUT2D eigenvalue weighted by Crippen LogP contribution is -2.51. The Kier molecular flexibility index (Phi) is 10.5. The maximum absolute atomic E-state index is 13.9. The summed E-state index contributed by atoms with van der Waals surface area (Å²) in [6, 6.07) is 14.5. The number of benzene rings is 3. The topological polar surface area (TPSA) is 86.8 Å². The Balaban J connectivity index is 2.10. The minimum atomic E-state index is -4.25. The normalized spacial score (nSPS) is 12.1. The second-order valence-corrected chi connectivity index (χ2v) is 12.3. The van der Waals surface area contributed by atoms with Gasteiger partial charge in [-0.2, -0.15) is 0 Å². The highest BCUT2D eigenvalue weighted by molar-refractivity contribution is 7.92. The van der Waals surface area contributed by atoms with Crippen molar-refractivity contribution in [1.29, 1.82) is 0 Å². The second kappa shape index (κ2) is 13.2. The number of aryl methyl sites for hydroxylation is 1. The quantitative estimate of drug-likeness (QED) is 0.283. The van der Waals surface area contributed by atoms with Crippen molar-refractivity contribution in [3.8, 4) is 0 Å². The molecule has 0 aliphatic heterocycles. The SMILES string of the molecule is CCC(C(=O)NC)N(Cc1ccc(Cl)c(Cl)c1)C(=O)CN(c1cc(Cl)cc(Cl)c1)S(=O)(=O)c1ccc(C)cc1. The Labute approximate surface area is 248 Å². The van der Waals surface area contributed by atoms with Crippen molar-refractivity contribution in [1.82, 2.24) is 10.2 Å². The number of hydrogen-bond acceptors (Lipinski definition) is 4. The summed E-state index contributed by atoms with van der Waals surface area (Å²) in [6.07, 6.45) is 0.278. The summed E-state index contributed by atoms with van der Waals surface area (Å²) in [5.41, 5.74) is 1.58. The standard InChI is InChI=1S/C27H27Cl4N3O4S/c1-4-25(27(36)32-3)33(15-18-7-10-23(30)24(31)11-18)26(35)16-34(21-13-19(28)12-20(29)14-21)39(37,38)22-8-5-17(2)6-9-22/h5-14,25H,4,15-16H2,1-3H3,(H,32,36). The summed E-state index contributed by atoms with van der Waals surface area (Å²) in [6.45, 7) is 2.95. The van der Waals surface area contributed by atoms with Crippen LogP contribution in [0.1, 0.15) is 24.5 Å². The molecule has 3 aromatic rings. The molecule has 7 nitrogen and oxygen atoms in total. The van der Waals surface area contributed by atoms with E-state index in [0.717, 1.165) is 9.87 Å². The molecule has 0 heterocycles. The van der Waals surface area contributed by atoms with Crippen molar-refractivity contribution in [2.75, 3.05) is 17.9 Å². The Morgan fingerprint density at radius 3 is 2.05 bits per heavy atom. The molecule has 0 aromatic heterocycles. The van der Waals surface area contributed by atoms with Gasteiger partial charge in [0.1, 0.15) is 12.6 Å². The van der Waals surface area contributed by atoms with Crippen molar-refractivity contribution in [2.45, 2.75) is 37.8 Å². The molecule has 0 bridgehead atoms. The zero-order chi connectivity index (χ0) is 28.9. The second-order valence-electron chi connectivity index (χ2n) is 8.76. The summed E-state index contributed by atoms with van der Waals surface area (Å²) in [5, 5.41) is 3.58. The molecule has 3 aromatic carbocycles. The molecule has 2 amide bonds. The van der Waals surface area contributed by atoms with Crippen LogP contribution >= 0.6 is 46.4 Å². The summed E-state index contributed by atoms with van der Waals surface area (Å²) < 4.78 is 28.6. The number of nitrogens with zero attached hydrogens (tertiary/aromatic N) is 2. The monoisotopic (exact) mass is 629 g/mol. The van der Waals surface area contributed by atoms with Crippen molar-refractivity contribution < 1.29 is 18.0 Å². The highest BCUT2D eigenvalue weighted by Crippen LogP contribution is 2.31. The van der Waals surface area contributed by atoms with Crippen LogP contribution in [0, 0.1) is 6.92 Å². The van der Waals surface area contributed by atoms with Gasteiger partial charge in [0, 0.05) is 23.6 Å². The Morgan fingerprint density at radius 1 is 0.897 bits per heavy atom. The van der Waals surface area contributed by atoms with Crippen LogP contribution in [0.15, 0.2) is 65.6 Å². The van der Waals surface area contributed by atoms with E-state index in [1.807, 2.05) is 6.92 Å². The lowest BCUT2D eigenvalue weighted by Gasteiger charge is -2.33. The molecule has 12 heteroatoms. The van der Waals surface area contributed by atoms with E-state index < -0.39 is 34.4 Å². The number of nitrogens with one attached hydrogen (secondary N) is 1. The average molecular weight is 631 g/mol. The molecule has 1 unspecified atom stereocenters. The highest BCUT2D eigenvalue weighted by Gasteiger charge is 2.33. The number of carbonyl (C=O) groups is 2. The maximum atomic E-state index is 13.9. The van der Waals surface area contributed by atoms with Crippen molar-refractivity contribution in [2.24, 2.45) is 0 Å². The molecule has 1 atom stereocenters.